The first-order chi connectivity index (χ1) is 8.99. The maximum Gasteiger partial charge on any atom is 0.317 e. The quantitative estimate of drug-likeness (QED) is 0.750. The Kier molecular flexibility index (Phi) is 6.62. The second kappa shape index (κ2) is 7.99. The van der Waals surface area contributed by atoms with Gasteiger partial charge >= 0.3 is 12.0 Å². The lowest BCUT2D eigenvalue weighted by Crippen LogP contribution is -2.42. The predicted molar refractivity (Wildman–Crippen MR) is 73.1 cm³/mol. The molecular formula is C13H25N3O3. The number of rotatable bonds is 6. The Morgan fingerprint density at radius 3 is 2.58 bits per heavy atom. The van der Waals surface area contributed by atoms with Crippen LogP contribution in [0.15, 0.2) is 0 Å². The van der Waals surface area contributed by atoms with Crippen molar-refractivity contribution in [2.75, 3.05) is 40.3 Å². The minimum Gasteiger partial charge on any atom is -0.481 e. The van der Waals surface area contributed by atoms with Gasteiger partial charge in [0, 0.05) is 26.6 Å². The van der Waals surface area contributed by atoms with Gasteiger partial charge < -0.3 is 20.2 Å². The van der Waals surface area contributed by atoms with E-state index in [2.05, 4.69) is 17.3 Å². The molecule has 1 heterocycles. The number of carbonyl (C=O) groups excluding carboxylic acids is 1. The first-order valence-electron chi connectivity index (χ1n) is 6.88. The van der Waals surface area contributed by atoms with Crippen LogP contribution in [0.2, 0.25) is 0 Å². The fraction of sp³-hybridized carbons (Fsp3) is 0.846. The molecule has 0 spiro atoms. The second-order valence-electron chi connectivity index (χ2n) is 5.35. The van der Waals surface area contributed by atoms with E-state index in [0.29, 0.717) is 18.9 Å². The molecule has 0 aromatic carbocycles. The molecule has 6 heteroatoms. The number of carboxylic acid groups (broad SMARTS) is 1. The van der Waals surface area contributed by atoms with E-state index in [4.69, 9.17) is 5.11 Å². The van der Waals surface area contributed by atoms with Gasteiger partial charge in [-0.1, -0.05) is 0 Å². The fourth-order valence-corrected chi connectivity index (χ4v) is 2.20. The van der Waals surface area contributed by atoms with Gasteiger partial charge in [-0.05, 0) is 45.3 Å². The number of nitrogens with one attached hydrogen (secondary N) is 1. The number of aliphatic carboxylic acids is 1. The standard InChI is InChI=1S/C13H25N3O3/c1-15-8-5-11(6-9-15)10-14-13(19)16(2)7-3-4-12(17)18/h11H,3-10H2,1-2H3,(H,14,19)(H,17,18). The third-order valence-electron chi connectivity index (χ3n) is 3.61. The minimum atomic E-state index is -0.819. The fourth-order valence-electron chi connectivity index (χ4n) is 2.20. The Balaban J connectivity index is 2.14. The summed E-state index contributed by atoms with van der Waals surface area (Å²) >= 11 is 0. The van der Waals surface area contributed by atoms with Crippen LogP contribution < -0.4 is 5.32 Å². The van der Waals surface area contributed by atoms with Gasteiger partial charge in [0.1, 0.15) is 0 Å². The molecule has 0 bridgehead atoms. The van der Waals surface area contributed by atoms with Crippen molar-refractivity contribution in [1.82, 2.24) is 15.1 Å². The zero-order valence-electron chi connectivity index (χ0n) is 11.9. The van der Waals surface area contributed by atoms with Crippen molar-refractivity contribution in [1.29, 1.82) is 0 Å². The highest BCUT2D eigenvalue weighted by Gasteiger charge is 2.18. The normalized spacial score (nSPS) is 17.2. The molecule has 2 N–H and O–H groups in total. The topological polar surface area (TPSA) is 72.9 Å². The highest BCUT2D eigenvalue weighted by Crippen LogP contribution is 2.14. The van der Waals surface area contributed by atoms with Crippen molar-refractivity contribution in [3.8, 4) is 0 Å². The van der Waals surface area contributed by atoms with Crippen molar-refractivity contribution in [2.45, 2.75) is 25.7 Å². The zero-order valence-corrected chi connectivity index (χ0v) is 11.9. The van der Waals surface area contributed by atoms with Crippen molar-refractivity contribution < 1.29 is 14.7 Å². The van der Waals surface area contributed by atoms with Crippen LogP contribution in [0.4, 0.5) is 4.79 Å². The molecule has 0 radical (unpaired) electrons. The molecule has 0 aromatic rings. The van der Waals surface area contributed by atoms with Crippen LogP contribution in [0, 0.1) is 5.92 Å². The number of hydrogen-bond donors (Lipinski definition) is 2. The molecular weight excluding hydrogens is 246 g/mol. The van der Waals surface area contributed by atoms with Crippen molar-refractivity contribution in [2.24, 2.45) is 5.92 Å². The van der Waals surface area contributed by atoms with Crippen LogP contribution >= 0.6 is 0 Å². The van der Waals surface area contributed by atoms with Gasteiger partial charge in [-0.25, -0.2) is 4.79 Å². The Hall–Kier alpha value is -1.30. The van der Waals surface area contributed by atoms with Crippen molar-refractivity contribution in [3.63, 3.8) is 0 Å². The molecule has 1 aliphatic heterocycles. The van der Waals surface area contributed by atoms with Gasteiger partial charge in [0.25, 0.3) is 0 Å². The minimum absolute atomic E-state index is 0.104. The molecule has 0 aromatic heterocycles. The van der Waals surface area contributed by atoms with Crippen LogP contribution in [0.3, 0.4) is 0 Å². The molecule has 1 saturated heterocycles. The zero-order chi connectivity index (χ0) is 14.3. The molecule has 1 fully saturated rings. The lowest BCUT2D eigenvalue weighted by Gasteiger charge is -2.29. The SMILES string of the molecule is CN1CCC(CNC(=O)N(C)CCCC(=O)O)CC1. The van der Waals surface area contributed by atoms with Crippen LogP contribution in [0.1, 0.15) is 25.7 Å². The lowest BCUT2D eigenvalue weighted by atomic mass is 9.97. The van der Waals surface area contributed by atoms with E-state index in [0.717, 1.165) is 32.5 Å². The summed E-state index contributed by atoms with van der Waals surface area (Å²) < 4.78 is 0. The molecule has 19 heavy (non-hydrogen) atoms. The Morgan fingerprint density at radius 2 is 2.00 bits per heavy atom. The first-order valence-corrected chi connectivity index (χ1v) is 6.88. The monoisotopic (exact) mass is 271 g/mol. The number of carboxylic acids is 1. The Bertz CT molecular complexity index is 302. The smallest absolute Gasteiger partial charge is 0.317 e. The summed E-state index contributed by atoms with van der Waals surface area (Å²) in [4.78, 5) is 26.0. The van der Waals surface area contributed by atoms with Gasteiger partial charge in [0.2, 0.25) is 0 Å². The number of amides is 2. The van der Waals surface area contributed by atoms with Gasteiger partial charge in [0.05, 0.1) is 0 Å². The third-order valence-corrected chi connectivity index (χ3v) is 3.61. The Labute approximate surface area is 114 Å². The van der Waals surface area contributed by atoms with E-state index in [1.165, 1.54) is 0 Å². The molecule has 110 valence electrons. The van der Waals surface area contributed by atoms with E-state index in [1.54, 1.807) is 11.9 Å². The van der Waals surface area contributed by atoms with E-state index in [-0.39, 0.29) is 12.5 Å². The summed E-state index contributed by atoms with van der Waals surface area (Å²) in [6.07, 6.45) is 2.85. The van der Waals surface area contributed by atoms with E-state index in [1.807, 2.05) is 0 Å². The number of nitrogens with zero attached hydrogens (tertiary/aromatic N) is 2. The molecule has 0 unspecified atom stereocenters. The number of piperidine rings is 1. The van der Waals surface area contributed by atoms with Gasteiger partial charge in [-0.3, -0.25) is 4.79 Å². The number of hydrogen-bond acceptors (Lipinski definition) is 3. The summed E-state index contributed by atoms with van der Waals surface area (Å²) in [5, 5.41) is 11.5. The van der Waals surface area contributed by atoms with E-state index >= 15 is 0 Å². The molecule has 6 nitrogen and oxygen atoms in total. The van der Waals surface area contributed by atoms with Gasteiger partial charge in [-0.2, -0.15) is 0 Å². The average molecular weight is 271 g/mol. The highest BCUT2D eigenvalue weighted by atomic mass is 16.4. The number of likely N-dealkylation sites (tertiary alicyclic amines) is 1. The van der Waals surface area contributed by atoms with Crippen LogP contribution in [0.5, 0.6) is 0 Å². The predicted octanol–water partition coefficient (Wildman–Crippen LogP) is 0.834. The molecule has 0 atom stereocenters. The average Bonchev–Trinajstić information content (AvgIpc) is 2.37. The summed E-state index contributed by atoms with van der Waals surface area (Å²) in [5.74, 6) is -0.257. The molecule has 0 aliphatic carbocycles. The third kappa shape index (κ3) is 6.42. The van der Waals surface area contributed by atoms with Crippen LogP contribution in [-0.2, 0) is 4.79 Å². The summed E-state index contributed by atoms with van der Waals surface area (Å²) in [6.45, 7) is 3.38. The molecule has 2 amide bonds. The molecule has 0 saturated carbocycles. The lowest BCUT2D eigenvalue weighted by molar-refractivity contribution is -0.137. The molecule has 1 aliphatic rings. The maximum atomic E-state index is 11.8. The second-order valence-corrected chi connectivity index (χ2v) is 5.35. The Morgan fingerprint density at radius 1 is 1.37 bits per heavy atom. The van der Waals surface area contributed by atoms with Crippen LogP contribution in [0.25, 0.3) is 0 Å². The molecule has 1 rings (SSSR count). The maximum absolute atomic E-state index is 11.8. The van der Waals surface area contributed by atoms with Crippen LogP contribution in [-0.4, -0.2) is 67.2 Å². The first kappa shape index (κ1) is 15.8. The van der Waals surface area contributed by atoms with E-state index < -0.39 is 5.97 Å². The highest BCUT2D eigenvalue weighted by molar-refractivity contribution is 5.73. The van der Waals surface area contributed by atoms with Gasteiger partial charge in [0.15, 0.2) is 0 Å². The number of urea groups is 1. The largest absolute Gasteiger partial charge is 0.481 e. The van der Waals surface area contributed by atoms with E-state index in [9.17, 15) is 9.59 Å². The summed E-state index contributed by atoms with van der Waals surface area (Å²) in [6, 6.07) is -0.107. The van der Waals surface area contributed by atoms with Crippen molar-refractivity contribution in [3.05, 3.63) is 0 Å². The summed E-state index contributed by atoms with van der Waals surface area (Å²) in [5.41, 5.74) is 0. The summed E-state index contributed by atoms with van der Waals surface area (Å²) in [7, 11) is 3.82. The van der Waals surface area contributed by atoms with Crippen molar-refractivity contribution >= 4 is 12.0 Å². The number of carbonyl (C=O) groups is 2. The van der Waals surface area contributed by atoms with Gasteiger partial charge in [-0.15, -0.1) is 0 Å².